The number of allylic oxidation sites excluding steroid dienone is 4. The summed E-state index contributed by atoms with van der Waals surface area (Å²) in [5, 5.41) is 0. The van der Waals surface area contributed by atoms with Crippen molar-refractivity contribution < 1.29 is 0 Å². The van der Waals surface area contributed by atoms with Crippen molar-refractivity contribution in [3.63, 3.8) is 0 Å². The van der Waals surface area contributed by atoms with Gasteiger partial charge in [-0.15, -0.1) is 6.58 Å². The maximum atomic E-state index is 3.95. The second kappa shape index (κ2) is 2.22. The Bertz CT molecular complexity index is 163. The van der Waals surface area contributed by atoms with Crippen LogP contribution in [0.15, 0.2) is 37.0 Å². The molecule has 0 aromatic heterocycles. The summed E-state index contributed by atoms with van der Waals surface area (Å²) in [5.41, 5.74) is 1.27. The predicted molar refractivity (Wildman–Crippen MR) is 41.1 cm³/mol. The van der Waals surface area contributed by atoms with E-state index < -0.39 is 0 Å². The summed E-state index contributed by atoms with van der Waals surface area (Å²) in [4.78, 5) is 0. The Morgan fingerprint density at radius 1 is 1.56 bits per heavy atom. The molecule has 0 N–H and O–H groups in total. The fourth-order valence-electron chi connectivity index (χ4n) is 1.07. The third-order valence-electron chi connectivity index (χ3n) is 1.87. The highest BCUT2D eigenvalue weighted by Gasteiger charge is 2.15. The Balaban J connectivity index is 2.73. The van der Waals surface area contributed by atoms with E-state index in [0.29, 0.717) is 11.8 Å². The molecule has 0 heteroatoms. The molecule has 1 rings (SSSR count). The second-order valence-electron chi connectivity index (χ2n) is 2.51. The van der Waals surface area contributed by atoms with Crippen molar-refractivity contribution >= 4 is 0 Å². The maximum Gasteiger partial charge on any atom is 0.0158 e. The van der Waals surface area contributed by atoms with Gasteiger partial charge in [0.25, 0.3) is 0 Å². The van der Waals surface area contributed by atoms with Gasteiger partial charge in [0.1, 0.15) is 0 Å². The lowest BCUT2D eigenvalue weighted by Gasteiger charge is -2.06. The van der Waals surface area contributed by atoms with Crippen LogP contribution < -0.4 is 0 Å². The van der Waals surface area contributed by atoms with Gasteiger partial charge in [0.2, 0.25) is 0 Å². The first-order valence-electron chi connectivity index (χ1n) is 3.25. The molecule has 0 amide bonds. The van der Waals surface area contributed by atoms with Crippen LogP contribution in [-0.2, 0) is 0 Å². The van der Waals surface area contributed by atoms with Gasteiger partial charge in [-0.3, -0.25) is 0 Å². The van der Waals surface area contributed by atoms with E-state index in [1.807, 2.05) is 6.08 Å². The summed E-state index contributed by atoms with van der Waals surface area (Å²) in [6.07, 6.45) is 6.26. The van der Waals surface area contributed by atoms with Crippen molar-refractivity contribution in [1.82, 2.24) is 0 Å². The van der Waals surface area contributed by atoms with Gasteiger partial charge in [-0.1, -0.05) is 37.3 Å². The molecule has 48 valence electrons. The van der Waals surface area contributed by atoms with Gasteiger partial charge in [-0.25, -0.2) is 0 Å². The highest BCUT2D eigenvalue weighted by atomic mass is 14.2. The molecule has 0 aromatic carbocycles. The molecule has 0 heterocycles. The van der Waals surface area contributed by atoms with Crippen LogP contribution in [0.1, 0.15) is 6.92 Å². The Hall–Kier alpha value is -0.780. The molecule has 0 saturated heterocycles. The molecule has 1 aliphatic rings. The first kappa shape index (κ1) is 6.34. The van der Waals surface area contributed by atoms with Gasteiger partial charge < -0.3 is 0 Å². The highest BCUT2D eigenvalue weighted by molar-refractivity contribution is 5.28. The normalized spacial score (nSPS) is 33.2. The quantitative estimate of drug-likeness (QED) is 0.466. The molecule has 0 spiro atoms. The van der Waals surface area contributed by atoms with Crippen molar-refractivity contribution in [2.45, 2.75) is 6.92 Å². The van der Waals surface area contributed by atoms with Gasteiger partial charge in [0, 0.05) is 5.92 Å². The zero-order valence-electron chi connectivity index (χ0n) is 5.80. The first-order chi connectivity index (χ1) is 4.25. The van der Waals surface area contributed by atoms with Crippen molar-refractivity contribution in [1.29, 1.82) is 0 Å². The molecule has 0 bridgehead atoms. The standard InChI is InChI=1S/C9H12/c1-4-9-6-5-7(2)8(9)3/h4-7,9H,1,3H2,2H3/t7-,9-/m1/s1. The van der Waals surface area contributed by atoms with Gasteiger partial charge >= 0.3 is 0 Å². The van der Waals surface area contributed by atoms with Crippen LogP contribution in [-0.4, -0.2) is 0 Å². The lowest BCUT2D eigenvalue weighted by molar-refractivity contribution is 0.826. The molecular formula is C9H12. The van der Waals surface area contributed by atoms with E-state index in [4.69, 9.17) is 0 Å². The third kappa shape index (κ3) is 0.973. The predicted octanol–water partition coefficient (Wildman–Crippen LogP) is 2.55. The van der Waals surface area contributed by atoms with Crippen LogP contribution in [0.3, 0.4) is 0 Å². The van der Waals surface area contributed by atoms with Crippen molar-refractivity contribution in [3.8, 4) is 0 Å². The van der Waals surface area contributed by atoms with E-state index in [1.54, 1.807) is 0 Å². The lowest BCUT2D eigenvalue weighted by atomic mass is 9.99. The molecule has 0 unspecified atom stereocenters. The van der Waals surface area contributed by atoms with Crippen molar-refractivity contribution in [2.75, 3.05) is 0 Å². The molecule has 2 atom stereocenters. The van der Waals surface area contributed by atoms with E-state index in [1.165, 1.54) is 5.57 Å². The Labute approximate surface area is 56.6 Å². The average molecular weight is 120 g/mol. The summed E-state index contributed by atoms with van der Waals surface area (Å²) in [6.45, 7) is 9.82. The van der Waals surface area contributed by atoms with Gasteiger partial charge in [-0.05, 0) is 5.92 Å². The smallest absolute Gasteiger partial charge is 0.0158 e. The monoisotopic (exact) mass is 120 g/mol. The molecule has 9 heavy (non-hydrogen) atoms. The van der Waals surface area contributed by atoms with Crippen LogP contribution in [0.25, 0.3) is 0 Å². The van der Waals surface area contributed by atoms with Gasteiger partial charge in [0.15, 0.2) is 0 Å². The Morgan fingerprint density at radius 3 is 2.44 bits per heavy atom. The summed E-state index contributed by atoms with van der Waals surface area (Å²) in [6, 6.07) is 0. The fraction of sp³-hybridized carbons (Fsp3) is 0.333. The zero-order chi connectivity index (χ0) is 6.85. The SMILES string of the molecule is C=C[C@@H]1C=C[C@@H](C)C1=C. The summed E-state index contributed by atoms with van der Waals surface area (Å²) in [7, 11) is 0. The van der Waals surface area contributed by atoms with E-state index in [9.17, 15) is 0 Å². The van der Waals surface area contributed by atoms with Gasteiger partial charge in [0.05, 0.1) is 0 Å². The molecule has 0 saturated carbocycles. The second-order valence-corrected chi connectivity index (χ2v) is 2.51. The minimum Gasteiger partial charge on any atom is -0.102 e. The van der Waals surface area contributed by atoms with E-state index in [0.717, 1.165) is 0 Å². The van der Waals surface area contributed by atoms with Crippen LogP contribution in [0.5, 0.6) is 0 Å². The van der Waals surface area contributed by atoms with E-state index in [-0.39, 0.29) is 0 Å². The number of hydrogen-bond donors (Lipinski definition) is 0. The zero-order valence-corrected chi connectivity index (χ0v) is 5.80. The molecule has 1 aliphatic carbocycles. The maximum absolute atomic E-state index is 3.95. The minimum atomic E-state index is 0.431. The summed E-state index contributed by atoms with van der Waals surface area (Å²) < 4.78 is 0. The van der Waals surface area contributed by atoms with E-state index in [2.05, 4.69) is 32.2 Å². The first-order valence-corrected chi connectivity index (χ1v) is 3.25. The van der Waals surface area contributed by atoms with E-state index >= 15 is 0 Å². The van der Waals surface area contributed by atoms with Crippen LogP contribution in [0.4, 0.5) is 0 Å². The van der Waals surface area contributed by atoms with Gasteiger partial charge in [-0.2, -0.15) is 0 Å². The Morgan fingerprint density at radius 2 is 2.22 bits per heavy atom. The largest absolute Gasteiger partial charge is 0.102 e. The molecule has 0 aliphatic heterocycles. The summed E-state index contributed by atoms with van der Waals surface area (Å²) >= 11 is 0. The molecule has 0 nitrogen and oxygen atoms in total. The molecule has 0 radical (unpaired) electrons. The molecular weight excluding hydrogens is 108 g/mol. The van der Waals surface area contributed by atoms with Crippen LogP contribution >= 0.6 is 0 Å². The number of rotatable bonds is 1. The van der Waals surface area contributed by atoms with Crippen molar-refractivity contribution in [3.05, 3.63) is 37.0 Å². The Kier molecular flexibility index (Phi) is 1.56. The topological polar surface area (TPSA) is 0 Å². The lowest BCUT2D eigenvalue weighted by Crippen LogP contribution is -1.94. The van der Waals surface area contributed by atoms with Crippen molar-refractivity contribution in [2.24, 2.45) is 11.8 Å². The number of hydrogen-bond acceptors (Lipinski definition) is 0. The average Bonchev–Trinajstić information content (AvgIpc) is 2.15. The van der Waals surface area contributed by atoms with Crippen LogP contribution in [0.2, 0.25) is 0 Å². The summed E-state index contributed by atoms with van der Waals surface area (Å²) in [5.74, 6) is 0.980. The van der Waals surface area contributed by atoms with Crippen LogP contribution in [0, 0.1) is 11.8 Å². The third-order valence-corrected chi connectivity index (χ3v) is 1.87. The fourth-order valence-corrected chi connectivity index (χ4v) is 1.07. The highest BCUT2D eigenvalue weighted by Crippen LogP contribution is 2.28. The molecule has 0 aromatic rings. The minimum absolute atomic E-state index is 0.431. The molecule has 0 fully saturated rings.